The van der Waals surface area contributed by atoms with E-state index in [0.29, 0.717) is 5.69 Å². The summed E-state index contributed by atoms with van der Waals surface area (Å²) in [5, 5.41) is 0.0327. The lowest BCUT2D eigenvalue weighted by atomic mass is 10.0. The van der Waals surface area contributed by atoms with Gasteiger partial charge in [0.25, 0.3) is 10.0 Å². The van der Waals surface area contributed by atoms with Crippen molar-refractivity contribution in [3.8, 4) is 11.1 Å². The Labute approximate surface area is 122 Å². The van der Waals surface area contributed by atoms with E-state index in [1.807, 2.05) is 42.5 Å². The van der Waals surface area contributed by atoms with Crippen molar-refractivity contribution in [2.45, 2.75) is 5.03 Å². The molecule has 0 spiro atoms. The van der Waals surface area contributed by atoms with E-state index in [4.69, 9.17) is 0 Å². The van der Waals surface area contributed by atoms with Gasteiger partial charge in [-0.2, -0.15) is 8.42 Å². The van der Waals surface area contributed by atoms with E-state index in [9.17, 15) is 8.42 Å². The molecule has 0 fully saturated rings. The first-order valence-corrected chi connectivity index (χ1v) is 7.81. The molecule has 0 radical (unpaired) electrons. The molecule has 1 aromatic heterocycles. The second-order valence-electron chi connectivity index (χ2n) is 4.43. The topological polar surface area (TPSA) is 74.8 Å². The fraction of sp³-hybridized carbons (Fsp3) is 0. The molecule has 0 aliphatic heterocycles. The number of H-pyrrole nitrogens is 1. The maximum atomic E-state index is 12.3. The van der Waals surface area contributed by atoms with Crippen LogP contribution in [0.5, 0.6) is 0 Å². The smallest absolute Gasteiger partial charge is 0.278 e. The zero-order chi connectivity index (χ0) is 14.7. The molecule has 6 heteroatoms. The third kappa shape index (κ3) is 2.80. The summed E-state index contributed by atoms with van der Waals surface area (Å²) in [5.41, 5.74) is 2.29. The van der Waals surface area contributed by atoms with Gasteiger partial charge in [0, 0.05) is 5.56 Å². The largest absolute Gasteiger partial charge is 0.334 e. The van der Waals surface area contributed by atoms with Crippen LogP contribution in [0.4, 0.5) is 5.69 Å². The number of benzene rings is 2. The number of rotatable bonds is 4. The Balaban J connectivity index is 2.01. The molecule has 21 heavy (non-hydrogen) atoms. The Morgan fingerprint density at radius 1 is 0.952 bits per heavy atom. The van der Waals surface area contributed by atoms with Crippen LogP contribution >= 0.6 is 0 Å². The summed E-state index contributed by atoms with van der Waals surface area (Å²) in [6.45, 7) is 0. The predicted octanol–water partition coefficient (Wildman–Crippen LogP) is 2.88. The Kier molecular flexibility index (Phi) is 3.45. The molecule has 2 aromatic carbocycles. The Morgan fingerprint density at radius 2 is 1.67 bits per heavy atom. The highest BCUT2D eigenvalue weighted by Gasteiger charge is 2.17. The zero-order valence-electron chi connectivity index (χ0n) is 11.0. The number of hydrogen-bond donors (Lipinski definition) is 2. The molecule has 1 heterocycles. The van der Waals surface area contributed by atoms with E-state index in [1.165, 1.54) is 12.5 Å². The summed E-state index contributed by atoms with van der Waals surface area (Å²) in [6.07, 6.45) is 2.60. The molecule has 0 saturated carbocycles. The van der Waals surface area contributed by atoms with Crippen molar-refractivity contribution in [1.82, 2.24) is 9.97 Å². The lowest BCUT2D eigenvalue weighted by molar-refractivity contribution is 0.598. The summed E-state index contributed by atoms with van der Waals surface area (Å²) in [6, 6.07) is 16.9. The molecule has 0 unspecified atom stereocenters. The minimum absolute atomic E-state index is 0.0327. The molecule has 0 saturated heterocycles. The fourth-order valence-electron chi connectivity index (χ4n) is 2.03. The van der Waals surface area contributed by atoms with Crippen molar-refractivity contribution in [1.29, 1.82) is 0 Å². The number of aromatic amines is 1. The Morgan fingerprint density at radius 3 is 2.38 bits per heavy atom. The molecule has 0 aliphatic carbocycles. The SMILES string of the molecule is O=S(=O)(Nc1ccccc1-c1ccccc1)c1cnc[nH]1. The number of hydrogen-bond acceptors (Lipinski definition) is 3. The predicted molar refractivity (Wildman–Crippen MR) is 81.3 cm³/mol. The fourth-order valence-corrected chi connectivity index (χ4v) is 3.02. The van der Waals surface area contributed by atoms with E-state index in [0.717, 1.165) is 11.1 Å². The second-order valence-corrected chi connectivity index (χ2v) is 6.08. The van der Waals surface area contributed by atoms with Crippen LogP contribution in [-0.2, 0) is 10.0 Å². The van der Waals surface area contributed by atoms with Crippen LogP contribution in [0.1, 0.15) is 0 Å². The quantitative estimate of drug-likeness (QED) is 0.778. The number of nitrogens with zero attached hydrogens (tertiary/aromatic N) is 1. The van der Waals surface area contributed by atoms with Crippen molar-refractivity contribution in [2.75, 3.05) is 4.72 Å². The van der Waals surface area contributed by atoms with Crippen LogP contribution in [0.25, 0.3) is 11.1 Å². The van der Waals surface area contributed by atoms with E-state index in [-0.39, 0.29) is 5.03 Å². The standard InChI is InChI=1S/C15H13N3O2S/c19-21(20,15-10-16-11-17-15)18-14-9-5-4-8-13(14)12-6-2-1-3-7-12/h1-11,18H,(H,16,17). The number of imidazole rings is 1. The normalized spacial score (nSPS) is 11.2. The summed E-state index contributed by atoms with van der Waals surface area (Å²) >= 11 is 0. The molecule has 0 aliphatic rings. The lowest BCUT2D eigenvalue weighted by Crippen LogP contribution is -2.13. The summed E-state index contributed by atoms with van der Waals surface area (Å²) in [7, 11) is -3.67. The Hall–Kier alpha value is -2.60. The van der Waals surface area contributed by atoms with Crippen molar-refractivity contribution < 1.29 is 8.42 Å². The van der Waals surface area contributed by atoms with Crippen LogP contribution in [-0.4, -0.2) is 18.4 Å². The number of aromatic nitrogens is 2. The summed E-state index contributed by atoms with van der Waals surface area (Å²) in [4.78, 5) is 6.33. The van der Waals surface area contributed by atoms with Gasteiger partial charge in [-0.25, -0.2) is 4.98 Å². The van der Waals surface area contributed by atoms with E-state index in [2.05, 4.69) is 14.7 Å². The van der Waals surface area contributed by atoms with Gasteiger partial charge in [0.15, 0.2) is 5.03 Å². The molecule has 5 nitrogen and oxygen atoms in total. The van der Waals surface area contributed by atoms with Crippen LogP contribution in [0.3, 0.4) is 0 Å². The molecular formula is C15H13N3O2S. The first-order valence-electron chi connectivity index (χ1n) is 6.32. The van der Waals surface area contributed by atoms with Crippen molar-refractivity contribution >= 4 is 15.7 Å². The number of nitrogens with one attached hydrogen (secondary N) is 2. The summed E-state index contributed by atoms with van der Waals surface area (Å²) in [5.74, 6) is 0. The number of para-hydroxylation sites is 1. The van der Waals surface area contributed by atoms with Crippen LogP contribution in [0, 0.1) is 0 Å². The molecule has 0 bridgehead atoms. The van der Waals surface area contributed by atoms with Gasteiger partial charge in [-0.05, 0) is 11.6 Å². The van der Waals surface area contributed by atoms with Crippen LogP contribution in [0.15, 0.2) is 72.1 Å². The van der Waals surface area contributed by atoms with Gasteiger partial charge in [0.05, 0.1) is 18.2 Å². The van der Waals surface area contributed by atoms with Gasteiger partial charge in [0.1, 0.15) is 0 Å². The van der Waals surface area contributed by atoms with Crippen molar-refractivity contribution in [2.24, 2.45) is 0 Å². The van der Waals surface area contributed by atoms with Gasteiger partial charge in [0.2, 0.25) is 0 Å². The zero-order valence-corrected chi connectivity index (χ0v) is 11.8. The van der Waals surface area contributed by atoms with Crippen LogP contribution < -0.4 is 4.72 Å². The Bertz CT molecular complexity index is 828. The van der Waals surface area contributed by atoms with Crippen LogP contribution in [0.2, 0.25) is 0 Å². The first kappa shape index (κ1) is 13.4. The number of sulfonamides is 1. The average Bonchev–Trinajstić information content (AvgIpc) is 3.03. The molecule has 3 aromatic rings. The van der Waals surface area contributed by atoms with Gasteiger partial charge >= 0.3 is 0 Å². The third-order valence-corrected chi connectivity index (χ3v) is 4.31. The maximum Gasteiger partial charge on any atom is 0.278 e. The summed E-state index contributed by atoms with van der Waals surface area (Å²) < 4.78 is 27.1. The minimum atomic E-state index is -3.67. The molecule has 0 amide bonds. The highest BCUT2D eigenvalue weighted by atomic mass is 32.2. The van der Waals surface area contributed by atoms with Gasteiger partial charge in [-0.15, -0.1) is 0 Å². The van der Waals surface area contributed by atoms with Gasteiger partial charge < -0.3 is 4.98 Å². The van der Waals surface area contributed by atoms with E-state index >= 15 is 0 Å². The third-order valence-electron chi connectivity index (χ3n) is 3.02. The lowest BCUT2D eigenvalue weighted by Gasteiger charge is -2.11. The van der Waals surface area contributed by atoms with E-state index in [1.54, 1.807) is 12.1 Å². The monoisotopic (exact) mass is 299 g/mol. The average molecular weight is 299 g/mol. The molecular weight excluding hydrogens is 286 g/mol. The minimum Gasteiger partial charge on any atom is -0.334 e. The highest BCUT2D eigenvalue weighted by molar-refractivity contribution is 7.92. The molecule has 106 valence electrons. The highest BCUT2D eigenvalue weighted by Crippen LogP contribution is 2.28. The molecule has 0 atom stereocenters. The molecule has 2 N–H and O–H groups in total. The van der Waals surface area contributed by atoms with Crippen molar-refractivity contribution in [3.05, 3.63) is 67.1 Å². The van der Waals surface area contributed by atoms with Gasteiger partial charge in [-0.3, -0.25) is 4.72 Å². The second kappa shape index (κ2) is 5.41. The molecule has 3 rings (SSSR count). The van der Waals surface area contributed by atoms with Gasteiger partial charge in [-0.1, -0.05) is 48.5 Å². The number of anilines is 1. The maximum absolute atomic E-state index is 12.3. The van der Waals surface area contributed by atoms with E-state index < -0.39 is 10.0 Å². The van der Waals surface area contributed by atoms with Crippen molar-refractivity contribution in [3.63, 3.8) is 0 Å². The first-order chi connectivity index (χ1) is 10.2.